The molecule has 1 heterocycles. The van der Waals surface area contributed by atoms with Gasteiger partial charge in [-0.1, -0.05) is 40.2 Å². The summed E-state index contributed by atoms with van der Waals surface area (Å²) in [4.78, 5) is 37.3. The molecule has 2 rings (SSSR count). The largest absolute Gasteiger partial charge is 0.331 e. The molecule has 0 radical (unpaired) electrons. The lowest BCUT2D eigenvalue weighted by atomic mass is 9.94. The van der Waals surface area contributed by atoms with Gasteiger partial charge in [-0.15, -0.1) is 6.58 Å². The van der Waals surface area contributed by atoms with Crippen LogP contribution < -0.4 is 5.32 Å². The summed E-state index contributed by atoms with van der Waals surface area (Å²) in [5, 5.41) is 2.21. The molecule has 6 heteroatoms. The lowest BCUT2D eigenvalue weighted by molar-refractivity contribution is -0.139. The minimum atomic E-state index is -1.04. The third-order valence-corrected chi connectivity index (χ3v) is 3.88. The van der Waals surface area contributed by atoms with Crippen molar-refractivity contribution in [2.24, 2.45) is 0 Å². The number of amides is 4. The number of hydrogen-bond acceptors (Lipinski definition) is 3. The zero-order chi connectivity index (χ0) is 14.9. The van der Waals surface area contributed by atoms with E-state index in [-0.39, 0.29) is 0 Å². The van der Waals surface area contributed by atoms with Gasteiger partial charge in [-0.25, -0.2) is 4.79 Å². The number of barbiturate groups is 1. The maximum absolute atomic E-state index is 12.5. The number of carbonyl (C=O) groups is 3. The van der Waals surface area contributed by atoms with E-state index in [9.17, 15) is 14.4 Å². The summed E-state index contributed by atoms with van der Waals surface area (Å²) in [6.07, 6.45) is 1.48. The van der Waals surface area contributed by atoms with Crippen molar-refractivity contribution in [2.75, 3.05) is 0 Å². The Kier molecular flexibility index (Phi) is 4.04. The molecule has 2 unspecified atom stereocenters. The van der Waals surface area contributed by atoms with Crippen LogP contribution in [-0.2, 0) is 9.59 Å². The van der Waals surface area contributed by atoms with Crippen LogP contribution in [0.4, 0.5) is 4.79 Å². The molecular weight excluding hydrogens is 324 g/mol. The van der Waals surface area contributed by atoms with Crippen molar-refractivity contribution in [3.05, 3.63) is 47.0 Å². The Balaban J connectivity index is 2.45. The molecule has 5 nitrogen and oxygen atoms in total. The fraction of sp³-hybridized carbons (Fsp3) is 0.214. The van der Waals surface area contributed by atoms with E-state index in [1.807, 2.05) is 0 Å². The van der Waals surface area contributed by atoms with Gasteiger partial charge in [-0.3, -0.25) is 19.8 Å². The standard InChI is InChI=1S/C14H13BrN2O3/c1-3-8(2)17-13(19)11(12(18)16-14(17)20)9-6-4-5-7-10(9)15/h3-8,11H,1H2,2H3,(H,16,18,20). The average Bonchev–Trinajstić information content (AvgIpc) is 2.40. The van der Waals surface area contributed by atoms with E-state index in [1.165, 1.54) is 6.08 Å². The minimum absolute atomic E-state index is 0.486. The number of carbonyl (C=O) groups excluding carboxylic acids is 3. The second-order valence-electron chi connectivity index (χ2n) is 4.43. The number of rotatable bonds is 3. The van der Waals surface area contributed by atoms with Gasteiger partial charge in [0.1, 0.15) is 5.92 Å². The van der Waals surface area contributed by atoms with E-state index in [1.54, 1.807) is 31.2 Å². The Morgan fingerprint density at radius 3 is 2.60 bits per heavy atom. The third kappa shape index (κ3) is 2.38. The Labute approximate surface area is 124 Å². The molecular formula is C14H13BrN2O3. The monoisotopic (exact) mass is 336 g/mol. The van der Waals surface area contributed by atoms with E-state index >= 15 is 0 Å². The summed E-state index contributed by atoms with van der Waals surface area (Å²) in [5.74, 6) is -2.19. The highest BCUT2D eigenvalue weighted by molar-refractivity contribution is 9.10. The molecule has 1 aliphatic heterocycles. The van der Waals surface area contributed by atoms with Gasteiger partial charge in [0.15, 0.2) is 0 Å². The Bertz CT molecular complexity index is 600. The smallest absolute Gasteiger partial charge is 0.277 e. The first-order valence-electron chi connectivity index (χ1n) is 6.02. The van der Waals surface area contributed by atoms with Gasteiger partial charge in [-0.2, -0.15) is 0 Å². The molecule has 1 aromatic rings. The molecule has 4 amide bonds. The topological polar surface area (TPSA) is 66.5 Å². The first kappa shape index (κ1) is 14.5. The molecule has 0 saturated carbocycles. The number of nitrogens with one attached hydrogen (secondary N) is 1. The predicted molar refractivity (Wildman–Crippen MR) is 76.9 cm³/mol. The molecule has 1 N–H and O–H groups in total. The SMILES string of the molecule is C=CC(C)N1C(=O)NC(=O)C(c2ccccc2Br)C1=O. The van der Waals surface area contributed by atoms with Crippen LogP contribution in [0.3, 0.4) is 0 Å². The van der Waals surface area contributed by atoms with Crippen LogP contribution >= 0.6 is 15.9 Å². The van der Waals surface area contributed by atoms with Gasteiger partial charge >= 0.3 is 6.03 Å². The fourth-order valence-electron chi connectivity index (χ4n) is 2.06. The normalized spacial score (nSPS) is 20.6. The maximum atomic E-state index is 12.5. The van der Waals surface area contributed by atoms with Crippen LogP contribution in [-0.4, -0.2) is 28.8 Å². The van der Waals surface area contributed by atoms with Crippen LogP contribution in [0.1, 0.15) is 18.4 Å². The summed E-state index contributed by atoms with van der Waals surface area (Å²) in [5.41, 5.74) is 0.531. The molecule has 1 aliphatic rings. The second-order valence-corrected chi connectivity index (χ2v) is 5.29. The van der Waals surface area contributed by atoms with Gasteiger partial charge in [-0.05, 0) is 18.6 Å². The Morgan fingerprint density at radius 2 is 2.00 bits per heavy atom. The molecule has 1 saturated heterocycles. The molecule has 1 fully saturated rings. The lowest BCUT2D eigenvalue weighted by Gasteiger charge is -2.33. The minimum Gasteiger partial charge on any atom is -0.277 e. The summed E-state index contributed by atoms with van der Waals surface area (Å²) in [6, 6.07) is 5.75. The van der Waals surface area contributed by atoms with E-state index in [4.69, 9.17) is 0 Å². The summed E-state index contributed by atoms with van der Waals surface area (Å²) in [6.45, 7) is 5.24. The zero-order valence-electron chi connectivity index (χ0n) is 10.8. The van der Waals surface area contributed by atoms with Gasteiger partial charge in [0.2, 0.25) is 11.8 Å². The van der Waals surface area contributed by atoms with Crippen molar-refractivity contribution in [3.8, 4) is 0 Å². The highest BCUT2D eigenvalue weighted by atomic mass is 79.9. The number of imide groups is 2. The molecule has 1 aromatic carbocycles. The highest BCUT2D eigenvalue weighted by Gasteiger charge is 2.43. The van der Waals surface area contributed by atoms with Crippen molar-refractivity contribution in [3.63, 3.8) is 0 Å². The number of urea groups is 1. The molecule has 20 heavy (non-hydrogen) atoms. The molecule has 0 bridgehead atoms. The first-order valence-corrected chi connectivity index (χ1v) is 6.81. The first-order chi connectivity index (χ1) is 9.47. The zero-order valence-corrected chi connectivity index (χ0v) is 12.4. The van der Waals surface area contributed by atoms with E-state index in [0.717, 1.165) is 4.90 Å². The number of nitrogens with zero attached hydrogens (tertiary/aromatic N) is 1. The quantitative estimate of drug-likeness (QED) is 0.679. The molecule has 0 aromatic heterocycles. The van der Waals surface area contributed by atoms with Crippen LogP contribution in [0.2, 0.25) is 0 Å². The second kappa shape index (κ2) is 5.58. The van der Waals surface area contributed by atoms with Crippen LogP contribution in [0.15, 0.2) is 41.4 Å². The van der Waals surface area contributed by atoms with Crippen molar-refractivity contribution in [2.45, 2.75) is 18.9 Å². The summed E-state index contributed by atoms with van der Waals surface area (Å²) >= 11 is 3.32. The molecule has 2 atom stereocenters. The van der Waals surface area contributed by atoms with Gasteiger partial charge < -0.3 is 0 Å². The van der Waals surface area contributed by atoms with Gasteiger partial charge in [0, 0.05) is 4.47 Å². The third-order valence-electron chi connectivity index (χ3n) is 3.16. The average molecular weight is 337 g/mol. The van der Waals surface area contributed by atoms with Crippen molar-refractivity contribution in [1.29, 1.82) is 0 Å². The van der Waals surface area contributed by atoms with E-state index in [0.29, 0.717) is 10.0 Å². The summed E-state index contributed by atoms with van der Waals surface area (Å²) < 4.78 is 0.647. The number of hydrogen-bond donors (Lipinski definition) is 1. The predicted octanol–water partition coefficient (Wildman–Crippen LogP) is 2.19. The molecule has 0 spiro atoms. The van der Waals surface area contributed by atoms with Crippen molar-refractivity contribution >= 4 is 33.8 Å². The Hall–Kier alpha value is -1.95. The highest BCUT2D eigenvalue weighted by Crippen LogP contribution is 2.29. The molecule has 0 aliphatic carbocycles. The fourth-order valence-corrected chi connectivity index (χ4v) is 2.58. The van der Waals surface area contributed by atoms with Gasteiger partial charge in [0.25, 0.3) is 0 Å². The molecule has 104 valence electrons. The number of halogens is 1. The van der Waals surface area contributed by atoms with E-state index < -0.39 is 29.8 Å². The van der Waals surface area contributed by atoms with Crippen molar-refractivity contribution in [1.82, 2.24) is 10.2 Å². The number of benzene rings is 1. The van der Waals surface area contributed by atoms with E-state index in [2.05, 4.69) is 27.8 Å². The van der Waals surface area contributed by atoms with Crippen LogP contribution in [0, 0.1) is 0 Å². The summed E-state index contributed by atoms with van der Waals surface area (Å²) in [7, 11) is 0. The van der Waals surface area contributed by atoms with Gasteiger partial charge in [0.05, 0.1) is 6.04 Å². The van der Waals surface area contributed by atoms with Crippen molar-refractivity contribution < 1.29 is 14.4 Å². The Morgan fingerprint density at radius 1 is 1.35 bits per heavy atom. The van der Waals surface area contributed by atoms with Crippen LogP contribution in [0.5, 0.6) is 0 Å². The van der Waals surface area contributed by atoms with Crippen LogP contribution in [0.25, 0.3) is 0 Å². The lowest BCUT2D eigenvalue weighted by Crippen LogP contribution is -2.59. The maximum Gasteiger partial charge on any atom is 0.331 e.